The van der Waals surface area contributed by atoms with Crippen molar-refractivity contribution < 1.29 is 9.84 Å². The zero-order valence-electron chi connectivity index (χ0n) is 10.9. The number of para-hydroxylation sites is 1. The van der Waals surface area contributed by atoms with Crippen LogP contribution in [-0.2, 0) is 13.2 Å². The summed E-state index contributed by atoms with van der Waals surface area (Å²) in [5, 5.41) is 10.0. The molecule has 100 valence electrons. The van der Waals surface area contributed by atoms with E-state index in [1.165, 1.54) is 0 Å². The molecule has 0 spiro atoms. The van der Waals surface area contributed by atoms with Gasteiger partial charge in [-0.05, 0) is 24.3 Å². The molecular weight excluding hydrogens is 252 g/mol. The minimum atomic E-state index is -0.0630. The molecule has 0 fully saturated rings. The quantitative estimate of drug-likeness (QED) is 0.788. The number of rotatable bonds is 4. The van der Waals surface area contributed by atoms with Crippen LogP contribution in [0.1, 0.15) is 11.4 Å². The predicted molar refractivity (Wildman–Crippen MR) is 76.2 cm³/mol. The number of nitrogens with zero attached hydrogens (tertiary/aromatic N) is 2. The van der Waals surface area contributed by atoms with Crippen LogP contribution in [0.4, 0.5) is 0 Å². The Kier molecular flexibility index (Phi) is 3.56. The molecule has 4 nitrogen and oxygen atoms in total. The third-order valence-electron chi connectivity index (χ3n) is 3.00. The fourth-order valence-corrected chi connectivity index (χ4v) is 1.94. The average molecular weight is 266 g/mol. The van der Waals surface area contributed by atoms with Gasteiger partial charge in [0.2, 0.25) is 0 Å². The Morgan fingerprint density at radius 3 is 2.60 bits per heavy atom. The maximum Gasteiger partial charge on any atom is 0.138 e. The van der Waals surface area contributed by atoms with Crippen molar-refractivity contribution in [2.24, 2.45) is 0 Å². The van der Waals surface area contributed by atoms with Gasteiger partial charge in [-0.25, -0.2) is 4.98 Å². The van der Waals surface area contributed by atoms with Crippen LogP contribution in [0.25, 0.3) is 10.9 Å². The topological polar surface area (TPSA) is 55.2 Å². The number of hydrogen-bond acceptors (Lipinski definition) is 4. The van der Waals surface area contributed by atoms with E-state index in [4.69, 9.17) is 9.84 Å². The second-order valence-corrected chi connectivity index (χ2v) is 4.43. The van der Waals surface area contributed by atoms with Gasteiger partial charge in [-0.1, -0.05) is 24.3 Å². The van der Waals surface area contributed by atoms with E-state index in [0.29, 0.717) is 18.1 Å². The van der Waals surface area contributed by atoms with E-state index in [0.717, 1.165) is 16.6 Å². The van der Waals surface area contributed by atoms with Gasteiger partial charge in [-0.3, -0.25) is 4.98 Å². The van der Waals surface area contributed by atoms with Gasteiger partial charge in [-0.2, -0.15) is 0 Å². The van der Waals surface area contributed by atoms with E-state index in [-0.39, 0.29) is 6.61 Å². The van der Waals surface area contributed by atoms with E-state index in [1.807, 2.05) is 36.4 Å². The van der Waals surface area contributed by atoms with Crippen LogP contribution in [0.2, 0.25) is 0 Å². The number of benzene rings is 1. The Morgan fingerprint density at radius 2 is 1.80 bits per heavy atom. The second-order valence-electron chi connectivity index (χ2n) is 4.43. The summed E-state index contributed by atoms with van der Waals surface area (Å²) >= 11 is 0. The lowest BCUT2D eigenvalue weighted by Gasteiger charge is -2.06. The highest BCUT2D eigenvalue weighted by atomic mass is 16.5. The molecule has 2 aromatic heterocycles. The van der Waals surface area contributed by atoms with E-state index in [1.54, 1.807) is 18.3 Å². The lowest BCUT2D eigenvalue weighted by atomic mass is 10.2. The highest BCUT2D eigenvalue weighted by molar-refractivity contribution is 5.78. The number of aliphatic hydroxyl groups is 1. The molecule has 0 aliphatic rings. The summed E-state index contributed by atoms with van der Waals surface area (Å²) < 4.78 is 5.63. The SMILES string of the molecule is OCc1ccc(OCc2ccc3ccccc3n2)cn1. The summed E-state index contributed by atoms with van der Waals surface area (Å²) in [6, 6.07) is 15.5. The van der Waals surface area contributed by atoms with E-state index in [9.17, 15) is 0 Å². The molecule has 20 heavy (non-hydrogen) atoms. The smallest absolute Gasteiger partial charge is 0.138 e. The lowest BCUT2D eigenvalue weighted by molar-refractivity contribution is 0.274. The Morgan fingerprint density at radius 1 is 0.950 bits per heavy atom. The molecule has 1 N–H and O–H groups in total. The van der Waals surface area contributed by atoms with Crippen molar-refractivity contribution in [3.05, 3.63) is 66.1 Å². The highest BCUT2D eigenvalue weighted by Crippen LogP contribution is 2.14. The summed E-state index contributed by atoms with van der Waals surface area (Å²) in [6.45, 7) is 0.331. The van der Waals surface area contributed by atoms with Crippen molar-refractivity contribution in [3.63, 3.8) is 0 Å². The molecule has 1 aromatic carbocycles. The van der Waals surface area contributed by atoms with Crippen LogP contribution < -0.4 is 4.74 Å². The molecule has 4 heteroatoms. The molecule has 0 bridgehead atoms. The van der Waals surface area contributed by atoms with Crippen molar-refractivity contribution in [1.82, 2.24) is 9.97 Å². The molecule has 2 heterocycles. The van der Waals surface area contributed by atoms with Crippen molar-refractivity contribution in [2.45, 2.75) is 13.2 Å². The van der Waals surface area contributed by atoms with Crippen LogP contribution >= 0.6 is 0 Å². The van der Waals surface area contributed by atoms with Gasteiger partial charge in [0.25, 0.3) is 0 Å². The van der Waals surface area contributed by atoms with Crippen LogP contribution in [0, 0.1) is 0 Å². The fraction of sp³-hybridized carbons (Fsp3) is 0.125. The third kappa shape index (κ3) is 2.75. The Hall–Kier alpha value is -2.46. The van der Waals surface area contributed by atoms with Crippen molar-refractivity contribution in [3.8, 4) is 5.75 Å². The van der Waals surface area contributed by atoms with Crippen molar-refractivity contribution in [1.29, 1.82) is 0 Å². The number of aliphatic hydroxyl groups excluding tert-OH is 1. The Labute approximate surface area is 116 Å². The highest BCUT2D eigenvalue weighted by Gasteiger charge is 2.00. The van der Waals surface area contributed by atoms with Crippen LogP contribution in [-0.4, -0.2) is 15.1 Å². The van der Waals surface area contributed by atoms with Gasteiger partial charge in [0.1, 0.15) is 12.4 Å². The molecule has 3 aromatic rings. The molecule has 3 rings (SSSR count). The number of aromatic nitrogens is 2. The van der Waals surface area contributed by atoms with Crippen molar-refractivity contribution >= 4 is 10.9 Å². The number of ether oxygens (including phenoxy) is 1. The second kappa shape index (κ2) is 5.67. The predicted octanol–water partition coefficient (Wildman–Crippen LogP) is 2.70. The number of pyridine rings is 2. The molecule has 0 aliphatic carbocycles. The summed E-state index contributed by atoms with van der Waals surface area (Å²) in [7, 11) is 0. The molecule has 0 saturated heterocycles. The first-order chi connectivity index (χ1) is 9.85. The van der Waals surface area contributed by atoms with Crippen LogP contribution in [0.5, 0.6) is 5.75 Å². The molecule has 0 saturated carbocycles. The number of fused-ring (bicyclic) bond motifs is 1. The zero-order valence-corrected chi connectivity index (χ0v) is 10.9. The number of hydrogen-bond donors (Lipinski definition) is 1. The standard InChI is InChI=1S/C16H14N2O2/c19-10-13-7-8-15(9-17-13)20-11-14-6-5-12-3-1-2-4-16(12)18-14/h1-9,19H,10-11H2. The lowest BCUT2D eigenvalue weighted by Crippen LogP contribution is -1.99. The van der Waals surface area contributed by atoms with E-state index < -0.39 is 0 Å². The third-order valence-corrected chi connectivity index (χ3v) is 3.00. The van der Waals surface area contributed by atoms with Gasteiger partial charge < -0.3 is 9.84 Å². The van der Waals surface area contributed by atoms with E-state index >= 15 is 0 Å². The molecule has 0 aliphatic heterocycles. The van der Waals surface area contributed by atoms with Gasteiger partial charge in [0.15, 0.2) is 0 Å². The van der Waals surface area contributed by atoms with Gasteiger partial charge in [0.05, 0.1) is 29.7 Å². The first-order valence-electron chi connectivity index (χ1n) is 6.38. The summed E-state index contributed by atoms with van der Waals surface area (Å²) in [5.74, 6) is 0.664. The normalized spacial score (nSPS) is 10.7. The Balaban J connectivity index is 1.72. The summed E-state index contributed by atoms with van der Waals surface area (Å²) in [4.78, 5) is 8.60. The largest absolute Gasteiger partial charge is 0.486 e. The van der Waals surface area contributed by atoms with Gasteiger partial charge >= 0.3 is 0 Å². The monoisotopic (exact) mass is 266 g/mol. The Bertz CT molecular complexity index is 711. The van der Waals surface area contributed by atoms with Crippen LogP contribution in [0.3, 0.4) is 0 Å². The minimum Gasteiger partial charge on any atom is -0.486 e. The summed E-state index contributed by atoms with van der Waals surface area (Å²) in [6.07, 6.45) is 1.60. The van der Waals surface area contributed by atoms with E-state index in [2.05, 4.69) is 9.97 Å². The van der Waals surface area contributed by atoms with Gasteiger partial charge in [0, 0.05) is 5.39 Å². The summed E-state index contributed by atoms with van der Waals surface area (Å²) in [5.41, 5.74) is 2.46. The first-order valence-corrected chi connectivity index (χ1v) is 6.38. The van der Waals surface area contributed by atoms with Crippen molar-refractivity contribution in [2.75, 3.05) is 0 Å². The maximum absolute atomic E-state index is 8.92. The average Bonchev–Trinajstić information content (AvgIpc) is 2.53. The maximum atomic E-state index is 8.92. The molecular formula is C16H14N2O2. The zero-order chi connectivity index (χ0) is 13.8. The van der Waals surface area contributed by atoms with Gasteiger partial charge in [-0.15, -0.1) is 0 Å². The first kappa shape index (κ1) is 12.6. The fourth-order valence-electron chi connectivity index (χ4n) is 1.94. The molecule has 0 radical (unpaired) electrons. The molecule has 0 unspecified atom stereocenters. The van der Waals surface area contributed by atoms with Crippen LogP contribution in [0.15, 0.2) is 54.7 Å². The molecule has 0 atom stereocenters. The molecule has 0 amide bonds. The minimum absolute atomic E-state index is 0.0630.